The first-order valence-electron chi connectivity index (χ1n) is 7.32. The molecule has 19 heavy (non-hydrogen) atoms. The van der Waals surface area contributed by atoms with Crippen LogP contribution in [0.2, 0.25) is 0 Å². The van der Waals surface area contributed by atoms with Gasteiger partial charge in [-0.05, 0) is 37.8 Å². The number of nitrogens with two attached hydrogens (primary N) is 1. The van der Waals surface area contributed by atoms with E-state index in [0.717, 1.165) is 25.9 Å². The van der Waals surface area contributed by atoms with Gasteiger partial charge in [0.2, 0.25) is 0 Å². The summed E-state index contributed by atoms with van der Waals surface area (Å²) < 4.78 is 0. The van der Waals surface area contributed by atoms with Crippen molar-refractivity contribution in [3.8, 4) is 0 Å². The predicted octanol–water partition coefficient (Wildman–Crippen LogP) is 2.09. The summed E-state index contributed by atoms with van der Waals surface area (Å²) in [5.74, 6) is 0.414. The second-order valence-corrected chi connectivity index (χ2v) is 5.76. The third-order valence-electron chi connectivity index (χ3n) is 4.26. The normalized spacial score (nSPS) is 23.5. The minimum atomic E-state index is 0.153. The maximum absolute atomic E-state index is 9.31. The fraction of sp³-hybridized carbons (Fsp3) is 0.625. The van der Waals surface area contributed by atoms with Crippen LogP contribution in [0, 0.1) is 12.8 Å². The SMILES string of the molecule is CCC(N)C(c1ccc(C)cc1)N1CCC(CO)C1. The molecule has 106 valence electrons. The molecule has 3 nitrogen and oxygen atoms in total. The van der Waals surface area contributed by atoms with Gasteiger partial charge in [-0.1, -0.05) is 36.8 Å². The van der Waals surface area contributed by atoms with Gasteiger partial charge in [0, 0.05) is 25.2 Å². The van der Waals surface area contributed by atoms with E-state index in [4.69, 9.17) is 5.73 Å². The zero-order chi connectivity index (χ0) is 13.8. The van der Waals surface area contributed by atoms with E-state index >= 15 is 0 Å². The van der Waals surface area contributed by atoms with E-state index in [0.29, 0.717) is 12.5 Å². The molecule has 1 fully saturated rings. The lowest BCUT2D eigenvalue weighted by Crippen LogP contribution is -2.40. The molecule has 0 amide bonds. The lowest BCUT2D eigenvalue weighted by molar-refractivity contribution is 0.180. The van der Waals surface area contributed by atoms with Crippen LogP contribution in [0.4, 0.5) is 0 Å². The zero-order valence-corrected chi connectivity index (χ0v) is 12.0. The molecule has 0 bridgehead atoms. The monoisotopic (exact) mass is 262 g/mol. The number of benzene rings is 1. The summed E-state index contributed by atoms with van der Waals surface area (Å²) in [6.07, 6.45) is 2.05. The standard InChI is InChI=1S/C16H26N2O/c1-3-15(17)16(14-6-4-12(2)5-7-14)18-9-8-13(10-18)11-19/h4-7,13,15-16,19H,3,8-11,17H2,1-2H3. The van der Waals surface area contributed by atoms with Crippen molar-refractivity contribution in [1.29, 1.82) is 0 Å². The zero-order valence-electron chi connectivity index (χ0n) is 12.0. The highest BCUT2D eigenvalue weighted by molar-refractivity contribution is 5.25. The molecule has 1 aliphatic heterocycles. The van der Waals surface area contributed by atoms with Crippen LogP contribution in [0.1, 0.15) is 36.9 Å². The van der Waals surface area contributed by atoms with Gasteiger partial charge >= 0.3 is 0 Å². The fourth-order valence-electron chi connectivity index (χ4n) is 2.98. The molecule has 0 spiro atoms. The van der Waals surface area contributed by atoms with Crippen molar-refractivity contribution in [3.05, 3.63) is 35.4 Å². The Balaban J connectivity index is 2.19. The highest BCUT2D eigenvalue weighted by Crippen LogP contribution is 2.30. The summed E-state index contributed by atoms with van der Waals surface area (Å²) in [4.78, 5) is 2.44. The molecule has 1 aromatic carbocycles. The Hall–Kier alpha value is -0.900. The summed E-state index contributed by atoms with van der Waals surface area (Å²) in [5.41, 5.74) is 8.93. The van der Waals surface area contributed by atoms with Crippen LogP contribution in [0.3, 0.4) is 0 Å². The lowest BCUT2D eigenvalue weighted by Gasteiger charge is -2.33. The van der Waals surface area contributed by atoms with Gasteiger partial charge in [-0.25, -0.2) is 0 Å². The van der Waals surface area contributed by atoms with E-state index in [1.807, 2.05) is 0 Å². The highest BCUT2D eigenvalue weighted by atomic mass is 16.3. The van der Waals surface area contributed by atoms with Gasteiger partial charge < -0.3 is 10.8 Å². The van der Waals surface area contributed by atoms with Crippen LogP contribution in [0.25, 0.3) is 0 Å². The van der Waals surface area contributed by atoms with Crippen molar-refractivity contribution in [1.82, 2.24) is 4.90 Å². The van der Waals surface area contributed by atoms with Crippen molar-refractivity contribution >= 4 is 0 Å². The predicted molar refractivity (Wildman–Crippen MR) is 79.0 cm³/mol. The van der Waals surface area contributed by atoms with E-state index in [-0.39, 0.29) is 12.1 Å². The second kappa shape index (κ2) is 6.51. The van der Waals surface area contributed by atoms with Crippen molar-refractivity contribution < 1.29 is 5.11 Å². The van der Waals surface area contributed by atoms with Gasteiger partial charge in [0.1, 0.15) is 0 Å². The Labute approximate surface area is 116 Å². The van der Waals surface area contributed by atoms with E-state index in [9.17, 15) is 5.11 Å². The molecule has 3 heteroatoms. The minimum absolute atomic E-state index is 0.153. The van der Waals surface area contributed by atoms with E-state index in [1.54, 1.807) is 0 Å². The molecule has 0 radical (unpaired) electrons. The molecule has 0 aliphatic carbocycles. The molecule has 1 aliphatic rings. The summed E-state index contributed by atoms with van der Waals surface area (Å²) >= 11 is 0. The summed E-state index contributed by atoms with van der Waals surface area (Å²) in [7, 11) is 0. The third-order valence-corrected chi connectivity index (χ3v) is 4.26. The summed E-state index contributed by atoms with van der Waals surface area (Å²) in [5, 5.41) is 9.31. The Morgan fingerprint density at radius 3 is 2.58 bits per heavy atom. The molecule has 3 N–H and O–H groups in total. The van der Waals surface area contributed by atoms with Crippen LogP contribution in [-0.4, -0.2) is 35.7 Å². The molecule has 3 unspecified atom stereocenters. The van der Waals surface area contributed by atoms with Gasteiger partial charge in [0.15, 0.2) is 0 Å². The molecule has 1 aromatic rings. The van der Waals surface area contributed by atoms with Crippen molar-refractivity contribution in [2.75, 3.05) is 19.7 Å². The fourth-order valence-corrected chi connectivity index (χ4v) is 2.98. The molecule has 2 rings (SSSR count). The highest BCUT2D eigenvalue weighted by Gasteiger charge is 2.31. The maximum Gasteiger partial charge on any atom is 0.0499 e. The Bertz CT molecular complexity index is 390. The Morgan fingerprint density at radius 2 is 2.05 bits per heavy atom. The van der Waals surface area contributed by atoms with E-state index < -0.39 is 0 Å². The average molecular weight is 262 g/mol. The third kappa shape index (κ3) is 3.35. The second-order valence-electron chi connectivity index (χ2n) is 5.76. The Morgan fingerprint density at radius 1 is 1.37 bits per heavy atom. The molecular formula is C16H26N2O. The average Bonchev–Trinajstić information content (AvgIpc) is 2.89. The largest absolute Gasteiger partial charge is 0.396 e. The minimum Gasteiger partial charge on any atom is -0.396 e. The molecular weight excluding hydrogens is 236 g/mol. The molecule has 1 saturated heterocycles. The molecule has 0 saturated carbocycles. The number of likely N-dealkylation sites (tertiary alicyclic amines) is 1. The topological polar surface area (TPSA) is 49.5 Å². The number of rotatable bonds is 5. The number of aryl methyl sites for hydroxylation is 1. The lowest BCUT2D eigenvalue weighted by atomic mass is 9.96. The first-order chi connectivity index (χ1) is 9.15. The van der Waals surface area contributed by atoms with Crippen LogP contribution in [0.5, 0.6) is 0 Å². The van der Waals surface area contributed by atoms with Crippen molar-refractivity contribution in [2.24, 2.45) is 11.7 Å². The molecule has 1 heterocycles. The van der Waals surface area contributed by atoms with Crippen LogP contribution in [0.15, 0.2) is 24.3 Å². The number of nitrogens with zero attached hydrogens (tertiary/aromatic N) is 1. The summed E-state index contributed by atoms with van der Waals surface area (Å²) in [6.45, 7) is 6.54. The molecule has 3 atom stereocenters. The van der Waals surface area contributed by atoms with Gasteiger partial charge in [-0.3, -0.25) is 4.90 Å². The van der Waals surface area contributed by atoms with Crippen molar-refractivity contribution in [2.45, 2.75) is 38.8 Å². The quantitative estimate of drug-likeness (QED) is 0.854. The number of hydrogen-bond donors (Lipinski definition) is 2. The maximum atomic E-state index is 9.31. The van der Waals surface area contributed by atoms with Crippen LogP contribution >= 0.6 is 0 Å². The smallest absolute Gasteiger partial charge is 0.0499 e. The first kappa shape index (κ1) is 14.5. The molecule has 0 aromatic heterocycles. The van der Waals surface area contributed by atoms with Crippen molar-refractivity contribution in [3.63, 3.8) is 0 Å². The van der Waals surface area contributed by atoms with E-state index in [2.05, 4.69) is 43.0 Å². The van der Waals surface area contributed by atoms with Gasteiger partial charge in [-0.15, -0.1) is 0 Å². The van der Waals surface area contributed by atoms with Gasteiger partial charge in [-0.2, -0.15) is 0 Å². The Kier molecular flexibility index (Phi) is 4.97. The van der Waals surface area contributed by atoms with E-state index in [1.165, 1.54) is 11.1 Å². The van der Waals surface area contributed by atoms with Gasteiger partial charge in [0.05, 0.1) is 0 Å². The van der Waals surface area contributed by atoms with Gasteiger partial charge in [0.25, 0.3) is 0 Å². The number of hydrogen-bond acceptors (Lipinski definition) is 3. The first-order valence-corrected chi connectivity index (χ1v) is 7.32. The van der Waals surface area contributed by atoms with Crippen LogP contribution < -0.4 is 5.73 Å². The number of aliphatic hydroxyl groups excluding tert-OH is 1. The van der Waals surface area contributed by atoms with Crippen LogP contribution in [-0.2, 0) is 0 Å². The number of aliphatic hydroxyl groups is 1. The summed E-state index contributed by atoms with van der Waals surface area (Å²) in [6, 6.07) is 9.14.